The molecule has 3 aromatic heterocycles. The second-order valence-electron chi connectivity index (χ2n) is 7.98. The van der Waals surface area contributed by atoms with Crippen LogP contribution in [-0.2, 0) is 17.6 Å². The number of nitrogen functional groups attached to an aromatic ring is 1. The molecule has 0 saturated heterocycles. The van der Waals surface area contributed by atoms with Crippen LogP contribution in [0.25, 0.3) is 28.1 Å². The Morgan fingerprint density at radius 1 is 1.06 bits per heavy atom. The SMILES string of the molecule is Nc1nc(Cl)c(-c2ccc3c(c2)ncn3-c2ccnc(NCCc3ccccc3)n2)nc1CC(=O)O. The average molecular weight is 501 g/mol. The molecular formula is C25H21ClN8O2. The first kappa shape index (κ1) is 23.2. The van der Waals surface area contributed by atoms with Crippen molar-refractivity contribution in [2.45, 2.75) is 12.8 Å². The highest BCUT2D eigenvalue weighted by Crippen LogP contribution is 2.29. The third-order valence-corrected chi connectivity index (χ3v) is 5.79. The summed E-state index contributed by atoms with van der Waals surface area (Å²) in [7, 11) is 0. The van der Waals surface area contributed by atoms with Crippen molar-refractivity contribution in [1.82, 2.24) is 29.5 Å². The summed E-state index contributed by atoms with van der Waals surface area (Å²) < 4.78 is 1.86. The van der Waals surface area contributed by atoms with Crippen LogP contribution in [0.4, 0.5) is 11.8 Å². The Hall–Kier alpha value is -4.57. The van der Waals surface area contributed by atoms with Gasteiger partial charge in [0.1, 0.15) is 23.7 Å². The molecule has 0 aliphatic heterocycles. The van der Waals surface area contributed by atoms with Gasteiger partial charge in [0, 0.05) is 18.3 Å². The first-order valence-corrected chi connectivity index (χ1v) is 11.5. The van der Waals surface area contributed by atoms with Crippen LogP contribution in [0, 0.1) is 0 Å². The van der Waals surface area contributed by atoms with E-state index in [9.17, 15) is 4.79 Å². The van der Waals surface area contributed by atoms with Crippen LogP contribution in [0.15, 0.2) is 67.1 Å². The van der Waals surface area contributed by atoms with Gasteiger partial charge in [-0.25, -0.2) is 19.9 Å². The molecule has 11 heteroatoms. The first-order chi connectivity index (χ1) is 17.5. The molecule has 3 heterocycles. The number of hydrogen-bond acceptors (Lipinski definition) is 8. The molecule has 2 aromatic carbocycles. The molecule has 0 unspecified atom stereocenters. The van der Waals surface area contributed by atoms with Gasteiger partial charge < -0.3 is 16.2 Å². The molecule has 180 valence electrons. The summed E-state index contributed by atoms with van der Waals surface area (Å²) >= 11 is 6.27. The fourth-order valence-electron chi connectivity index (χ4n) is 3.79. The number of carboxylic acid groups (broad SMARTS) is 1. The number of benzene rings is 2. The summed E-state index contributed by atoms with van der Waals surface area (Å²) in [4.78, 5) is 33.0. The van der Waals surface area contributed by atoms with Crippen molar-refractivity contribution in [3.63, 3.8) is 0 Å². The summed E-state index contributed by atoms with van der Waals surface area (Å²) in [5.41, 5.74) is 9.66. The van der Waals surface area contributed by atoms with Crippen molar-refractivity contribution in [2.75, 3.05) is 17.6 Å². The number of carboxylic acids is 1. The summed E-state index contributed by atoms with van der Waals surface area (Å²) in [6.07, 6.45) is 3.88. The summed E-state index contributed by atoms with van der Waals surface area (Å²) in [6.45, 7) is 0.703. The van der Waals surface area contributed by atoms with E-state index in [0.717, 1.165) is 11.9 Å². The van der Waals surface area contributed by atoms with Crippen molar-refractivity contribution in [2.24, 2.45) is 0 Å². The predicted octanol–water partition coefficient (Wildman–Crippen LogP) is 3.79. The summed E-state index contributed by atoms with van der Waals surface area (Å²) in [5, 5.41) is 12.5. The van der Waals surface area contributed by atoms with E-state index >= 15 is 0 Å². The Morgan fingerprint density at radius 2 is 1.89 bits per heavy atom. The van der Waals surface area contributed by atoms with Gasteiger partial charge in [-0.3, -0.25) is 9.36 Å². The minimum atomic E-state index is -1.06. The predicted molar refractivity (Wildman–Crippen MR) is 137 cm³/mol. The quantitative estimate of drug-likeness (QED) is 0.289. The zero-order valence-corrected chi connectivity index (χ0v) is 19.7. The van der Waals surface area contributed by atoms with Gasteiger partial charge in [-0.15, -0.1) is 0 Å². The van der Waals surface area contributed by atoms with Gasteiger partial charge in [0.05, 0.1) is 23.1 Å². The van der Waals surface area contributed by atoms with Gasteiger partial charge in [0.2, 0.25) is 5.95 Å². The maximum Gasteiger partial charge on any atom is 0.309 e. The van der Waals surface area contributed by atoms with Crippen molar-refractivity contribution < 1.29 is 9.90 Å². The van der Waals surface area contributed by atoms with Gasteiger partial charge >= 0.3 is 5.97 Å². The Bertz CT molecular complexity index is 1560. The van der Waals surface area contributed by atoms with Crippen LogP contribution in [0.5, 0.6) is 0 Å². The smallest absolute Gasteiger partial charge is 0.309 e. The molecule has 5 aromatic rings. The number of imidazole rings is 1. The lowest BCUT2D eigenvalue weighted by atomic mass is 10.1. The molecular weight excluding hydrogens is 480 g/mol. The largest absolute Gasteiger partial charge is 0.481 e. The molecule has 0 aliphatic carbocycles. The maximum atomic E-state index is 11.1. The topological polar surface area (TPSA) is 145 Å². The maximum absolute atomic E-state index is 11.1. The number of aliphatic carboxylic acids is 1. The van der Waals surface area contributed by atoms with Crippen LogP contribution < -0.4 is 11.1 Å². The number of fused-ring (bicyclic) bond motifs is 1. The molecule has 0 amide bonds. The molecule has 0 atom stereocenters. The number of nitrogens with two attached hydrogens (primary N) is 1. The number of anilines is 2. The van der Waals surface area contributed by atoms with Crippen molar-refractivity contribution in [1.29, 1.82) is 0 Å². The standard InChI is InChI=1S/C25H21ClN8O2/c26-23-22(31-18(13-21(35)36)24(27)33-23)16-6-7-19-17(12-16)30-14-34(19)20-9-11-29-25(32-20)28-10-8-15-4-2-1-3-5-15/h1-7,9,11-12,14H,8,10,13H2,(H2,27,33)(H,35,36)(H,28,29,32). The fourth-order valence-corrected chi connectivity index (χ4v) is 4.04. The second kappa shape index (κ2) is 9.96. The summed E-state index contributed by atoms with van der Waals surface area (Å²) in [6, 6.07) is 17.5. The highest BCUT2D eigenvalue weighted by molar-refractivity contribution is 6.32. The molecule has 10 nitrogen and oxygen atoms in total. The summed E-state index contributed by atoms with van der Waals surface area (Å²) in [5.74, 6) is 0.124. The zero-order valence-electron chi connectivity index (χ0n) is 19.0. The number of aromatic nitrogens is 6. The Balaban J connectivity index is 1.40. The number of halogens is 1. The average Bonchev–Trinajstić information content (AvgIpc) is 3.30. The number of carbonyl (C=O) groups is 1. The molecule has 0 radical (unpaired) electrons. The molecule has 0 spiro atoms. The van der Waals surface area contributed by atoms with E-state index in [-0.39, 0.29) is 23.1 Å². The van der Waals surface area contributed by atoms with Gasteiger partial charge in [-0.2, -0.15) is 4.98 Å². The monoisotopic (exact) mass is 500 g/mol. The minimum Gasteiger partial charge on any atom is -0.481 e. The van der Waals surface area contributed by atoms with Crippen molar-refractivity contribution >= 4 is 40.4 Å². The van der Waals surface area contributed by atoms with Crippen LogP contribution in [0.2, 0.25) is 5.15 Å². The van der Waals surface area contributed by atoms with E-state index in [2.05, 4.69) is 42.4 Å². The number of nitrogens with one attached hydrogen (secondary N) is 1. The van der Waals surface area contributed by atoms with Gasteiger partial charge in [0.15, 0.2) is 5.15 Å². The molecule has 0 bridgehead atoms. The minimum absolute atomic E-state index is 0.00607. The molecule has 0 aliphatic rings. The van der Waals surface area contributed by atoms with E-state index in [1.165, 1.54) is 5.56 Å². The zero-order chi connectivity index (χ0) is 25.1. The number of rotatable bonds is 8. The van der Waals surface area contributed by atoms with Gasteiger partial charge in [0.25, 0.3) is 0 Å². The molecule has 5 rings (SSSR count). The molecule has 0 saturated carbocycles. The second-order valence-corrected chi connectivity index (χ2v) is 8.34. The Morgan fingerprint density at radius 3 is 2.69 bits per heavy atom. The first-order valence-electron chi connectivity index (χ1n) is 11.1. The Labute approximate surface area is 210 Å². The highest BCUT2D eigenvalue weighted by Gasteiger charge is 2.16. The normalized spacial score (nSPS) is 11.0. The third kappa shape index (κ3) is 4.93. The van der Waals surface area contributed by atoms with Crippen molar-refractivity contribution in [3.05, 3.63) is 83.5 Å². The van der Waals surface area contributed by atoms with Crippen molar-refractivity contribution in [3.8, 4) is 17.1 Å². The van der Waals surface area contributed by atoms with E-state index in [1.54, 1.807) is 18.6 Å². The van der Waals surface area contributed by atoms with Gasteiger partial charge in [-0.1, -0.05) is 48.0 Å². The van der Waals surface area contributed by atoms with Gasteiger partial charge in [-0.05, 0) is 30.2 Å². The molecule has 0 fully saturated rings. The Kier molecular flexibility index (Phi) is 6.42. The molecule has 4 N–H and O–H groups in total. The lowest BCUT2D eigenvalue weighted by Gasteiger charge is -2.09. The number of hydrogen-bond donors (Lipinski definition) is 3. The number of nitrogens with zero attached hydrogens (tertiary/aromatic N) is 6. The molecule has 36 heavy (non-hydrogen) atoms. The van der Waals surface area contributed by atoms with E-state index in [4.69, 9.17) is 22.4 Å². The van der Waals surface area contributed by atoms with Crippen LogP contribution in [0.3, 0.4) is 0 Å². The van der Waals surface area contributed by atoms with Crippen LogP contribution in [0.1, 0.15) is 11.3 Å². The van der Waals surface area contributed by atoms with E-state index < -0.39 is 5.97 Å². The fraction of sp³-hybridized carbons (Fsp3) is 0.120. The lowest BCUT2D eigenvalue weighted by Crippen LogP contribution is -2.09. The van der Waals surface area contributed by atoms with E-state index in [0.29, 0.717) is 35.1 Å². The van der Waals surface area contributed by atoms with Crippen LogP contribution >= 0.6 is 11.6 Å². The third-order valence-electron chi connectivity index (χ3n) is 5.52. The van der Waals surface area contributed by atoms with E-state index in [1.807, 2.05) is 41.0 Å². The lowest BCUT2D eigenvalue weighted by molar-refractivity contribution is -0.136. The van der Waals surface area contributed by atoms with Crippen LogP contribution in [-0.4, -0.2) is 47.1 Å². The highest BCUT2D eigenvalue weighted by atomic mass is 35.5.